The van der Waals surface area contributed by atoms with Crippen LogP contribution >= 0.6 is 15.9 Å². The van der Waals surface area contributed by atoms with E-state index in [0.717, 1.165) is 21.5 Å². The molecule has 2 nitrogen and oxygen atoms in total. The lowest BCUT2D eigenvalue weighted by Crippen LogP contribution is -1.94. The summed E-state index contributed by atoms with van der Waals surface area (Å²) in [5.41, 5.74) is 2.04. The normalized spacial score (nSPS) is 10.8. The number of hydrogen-bond donors (Lipinski definition) is 1. The van der Waals surface area contributed by atoms with E-state index in [1.807, 2.05) is 36.4 Å². The maximum atomic E-state index is 9.10. The molecule has 0 aliphatic rings. The zero-order valence-electron chi connectivity index (χ0n) is 11.1. The Morgan fingerprint density at radius 2 is 1.84 bits per heavy atom. The molecule has 0 aliphatic heterocycles. The highest BCUT2D eigenvalue weighted by Crippen LogP contribution is 2.34. The highest BCUT2D eigenvalue weighted by atomic mass is 79.9. The van der Waals surface area contributed by atoms with Crippen LogP contribution in [0.4, 0.5) is 0 Å². The van der Waals surface area contributed by atoms with Gasteiger partial charge in [0.25, 0.3) is 0 Å². The van der Waals surface area contributed by atoms with Crippen LogP contribution in [-0.4, -0.2) is 5.11 Å². The van der Waals surface area contributed by atoms with Crippen molar-refractivity contribution in [3.63, 3.8) is 0 Å². The average molecular weight is 321 g/mol. The van der Waals surface area contributed by atoms with Gasteiger partial charge in [-0.25, -0.2) is 0 Å². The number of benzene rings is 2. The highest BCUT2D eigenvalue weighted by molar-refractivity contribution is 9.10. The largest absolute Gasteiger partial charge is 0.456 e. The molecule has 0 aromatic heterocycles. The maximum absolute atomic E-state index is 9.10. The Morgan fingerprint density at radius 1 is 1.11 bits per heavy atom. The minimum absolute atomic E-state index is 0.0292. The molecule has 1 N–H and O–H groups in total. The molecule has 0 spiro atoms. The van der Waals surface area contributed by atoms with E-state index < -0.39 is 0 Å². The third-order valence-corrected chi connectivity index (χ3v) is 3.56. The summed E-state index contributed by atoms with van der Waals surface area (Å²) in [5, 5.41) is 9.10. The smallest absolute Gasteiger partial charge is 0.141 e. The Hall–Kier alpha value is -1.32. The van der Waals surface area contributed by atoms with E-state index in [1.54, 1.807) is 0 Å². The quantitative estimate of drug-likeness (QED) is 0.871. The van der Waals surface area contributed by atoms with E-state index in [2.05, 4.69) is 35.8 Å². The number of hydrogen-bond acceptors (Lipinski definition) is 2. The van der Waals surface area contributed by atoms with Crippen molar-refractivity contribution in [1.82, 2.24) is 0 Å². The van der Waals surface area contributed by atoms with Gasteiger partial charge in [-0.1, -0.05) is 38.1 Å². The number of ether oxygens (including phenoxy) is 1. The Morgan fingerprint density at radius 3 is 2.47 bits per heavy atom. The molecule has 0 radical (unpaired) electrons. The van der Waals surface area contributed by atoms with E-state index in [9.17, 15) is 0 Å². The zero-order valence-corrected chi connectivity index (χ0v) is 12.6. The lowest BCUT2D eigenvalue weighted by molar-refractivity contribution is 0.281. The van der Waals surface area contributed by atoms with Crippen LogP contribution in [-0.2, 0) is 6.61 Å². The summed E-state index contributed by atoms with van der Waals surface area (Å²) in [7, 11) is 0. The molecule has 2 aromatic carbocycles. The molecule has 3 heteroatoms. The van der Waals surface area contributed by atoms with Gasteiger partial charge in [0.15, 0.2) is 0 Å². The van der Waals surface area contributed by atoms with Crippen molar-refractivity contribution in [2.45, 2.75) is 26.4 Å². The first-order valence-corrected chi connectivity index (χ1v) is 7.07. The van der Waals surface area contributed by atoms with Crippen LogP contribution in [0, 0.1) is 0 Å². The fraction of sp³-hybridized carbons (Fsp3) is 0.250. The average Bonchev–Trinajstić information content (AvgIpc) is 2.41. The lowest BCUT2D eigenvalue weighted by atomic mass is 10.0. The first-order chi connectivity index (χ1) is 9.11. The molecule has 0 unspecified atom stereocenters. The fourth-order valence-corrected chi connectivity index (χ4v) is 2.40. The van der Waals surface area contributed by atoms with Gasteiger partial charge in [0, 0.05) is 0 Å². The Balaban J connectivity index is 2.31. The van der Waals surface area contributed by atoms with Crippen molar-refractivity contribution in [3.05, 3.63) is 58.1 Å². The summed E-state index contributed by atoms with van der Waals surface area (Å²) in [5.74, 6) is 2.03. The second-order valence-corrected chi connectivity index (χ2v) is 5.57. The van der Waals surface area contributed by atoms with Gasteiger partial charge < -0.3 is 9.84 Å². The highest BCUT2D eigenvalue weighted by Gasteiger charge is 2.10. The van der Waals surface area contributed by atoms with Gasteiger partial charge in [0.05, 0.1) is 11.1 Å². The van der Waals surface area contributed by atoms with Gasteiger partial charge in [-0.3, -0.25) is 0 Å². The Kier molecular flexibility index (Phi) is 4.61. The third-order valence-electron chi connectivity index (χ3n) is 2.94. The third kappa shape index (κ3) is 3.37. The van der Waals surface area contributed by atoms with Crippen LogP contribution in [0.2, 0.25) is 0 Å². The van der Waals surface area contributed by atoms with Gasteiger partial charge >= 0.3 is 0 Å². The molecule has 0 amide bonds. The van der Waals surface area contributed by atoms with E-state index in [0.29, 0.717) is 5.92 Å². The van der Waals surface area contributed by atoms with Gasteiger partial charge in [0.1, 0.15) is 11.5 Å². The van der Waals surface area contributed by atoms with Crippen molar-refractivity contribution in [2.75, 3.05) is 0 Å². The van der Waals surface area contributed by atoms with Crippen LogP contribution in [0.1, 0.15) is 30.9 Å². The summed E-state index contributed by atoms with van der Waals surface area (Å²) in [4.78, 5) is 0. The topological polar surface area (TPSA) is 29.5 Å². The first kappa shape index (κ1) is 14.1. The molecule has 19 heavy (non-hydrogen) atoms. The molecular formula is C16H17BrO2. The van der Waals surface area contributed by atoms with Crippen LogP contribution in [0.3, 0.4) is 0 Å². The molecule has 0 aliphatic carbocycles. The van der Waals surface area contributed by atoms with Crippen molar-refractivity contribution < 1.29 is 9.84 Å². The predicted octanol–water partition coefficient (Wildman–Crippen LogP) is 4.86. The van der Waals surface area contributed by atoms with Gasteiger partial charge in [-0.2, -0.15) is 0 Å². The minimum Gasteiger partial charge on any atom is -0.456 e. The SMILES string of the molecule is CC(C)c1ccccc1Oc1ccc(CO)cc1Br. The van der Waals surface area contributed by atoms with Crippen LogP contribution in [0.5, 0.6) is 11.5 Å². The zero-order chi connectivity index (χ0) is 13.8. The molecule has 0 bridgehead atoms. The molecule has 0 atom stereocenters. The molecule has 100 valence electrons. The standard InChI is InChI=1S/C16H17BrO2/c1-11(2)13-5-3-4-6-15(13)19-16-8-7-12(10-18)9-14(16)17/h3-9,11,18H,10H2,1-2H3. The Labute approximate surface area is 122 Å². The maximum Gasteiger partial charge on any atom is 0.141 e. The number of aliphatic hydroxyl groups is 1. The summed E-state index contributed by atoms with van der Waals surface area (Å²) in [6.45, 7) is 4.32. The minimum atomic E-state index is 0.0292. The van der Waals surface area contributed by atoms with Gasteiger partial charge in [-0.15, -0.1) is 0 Å². The monoisotopic (exact) mass is 320 g/mol. The molecular weight excluding hydrogens is 304 g/mol. The van der Waals surface area contributed by atoms with Gasteiger partial charge in [-0.05, 0) is 51.2 Å². The van der Waals surface area contributed by atoms with E-state index >= 15 is 0 Å². The second kappa shape index (κ2) is 6.22. The molecule has 0 saturated carbocycles. The van der Waals surface area contributed by atoms with Gasteiger partial charge in [0.2, 0.25) is 0 Å². The number of rotatable bonds is 4. The molecule has 2 aromatic rings. The summed E-state index contributed by atoms with van der Waals surface area (Å²) < 4.78 is 6.82. The Bertz CT molecular complexity index is 564. The van der Waals surface area contributed by atoms with E-state index in [4.69, 9.17) is 9.84 Å². The van der Waals surface area contributed by atoms with Crippen LogP contribution in [0.25, 0.3) is 0 Å². The number of aliphatic hydroxyl groups excluding tert-OH is 1. The van der Waals surface area contributed by atoms with E-state index in [1.165, 1.54) is 5.56 Å². The fourth-order valence-electron chi connectivity index (χ4n) is 1.89. The number of halogens is 1. The first-order valence-electron chi connectivity index (χ1n) is 6.28. The summed E-state index contributed by atoms with van der Waals surface area (Å²) in [6, 6.07) is 13.6. The van der Waals surface area contributed by atoms with Crippen molar-refractivity contribution in [2.24, 2.45) is 0 Å². The van der Waals surface area contributed by atoms with Crippen molar-refractivity contribution >= 4 is 15.9 Å². The molecule has 0 heterocycles. The lowest BCUT2D eigenvalue weighted by Gasteiger charge is -2.14. The number of para-hydroxylation sites is 1. The summed E-state index contributed by atoms with van der Waals surface area (Å²) >= 11 is 3.47. The summed E-state index contributed by atoms with van der Waals surface area (Å²) in [6.07, 6.45) is 0. The second-order valence-electron chi connectivity index (χ2n) is 4.72. The van der Waals surface area contributed by atoms with Crippen LogP contribution in [0.15, 0.2) is 46.9 Å². The van der Waals surface area contributed by atoms with Crippen molar-refractivity contribution in [3.8, 4) is 11.5 Å². The molecule has 0 saturated heterocycles. The van der Waals surface area contributed by atoms with Crippen molar-refractivity contribution in [1.29, 1.82) is 0 Å². The van der Waals surface area contributed by atoms with E-state index in [-0.39, 0.29) is 6.61 Å². The van der Waals surface area contributed by atoms with Crippen LogP contribution < -0.4 is 4.74 Å². The molecule has 2 rings (SSSR count). The predicted molar refractivity (Wildman–Crippen MR) is 80.7 cm³/mol. The molecule has 0 fully saturated rings.